The number of ether oxygens (including phenoxy) is 1. The minimum absolute atomic E-state index is 0.146. The van der Waals surface area contributed by atoms with E-state index in [1.807, 2.05) is 26.8 Å². The molecule has 0 unspecified atom stereocenters. The van der Waals surface area contributed by atoms with Gasteiger partial charge in [-0.15, -0.1) is 0 Å². The van der Waals surface area contributed by atoms with E-state index in [4.69, 9.17) is 10.00 Å². The van der Waals surface area contributed by atoms with Crippen LogP contribution in [0.4, 0.5) is 5.69 Å². The minimum atomic E-state index is -0.432. The maximum atomic E-state index is 11.7. The minimum Gasteiger partial charge on any atom is -0.463 e. The molecule has 1 aromatic carbocycles. The third kappa shape index (κ3) is 4.29. The molecular formula is C15H20N2O2. The number of benzene rings is 1. The Morgan fingerprint density at radius 3 is 2.47 bits per heavy atom. The Labute approximate surface area is 114 Å². The number of nitrogens with one attached hydrogen (secondary N) is 1. The van der Waals surface area contributed by atoms with Crippen LogP contribution in [0.25, 0.3) is 0 Å². The number of nitrogens with zero attached hydrogens (tertiary/aromatic N) is 1. The number of carbonyl (C=O) groups is 1. The van der Waals surface area contributed by atoms with E-state index in [0.29, 0.717) is 0 Å². The SMILES string of the molecule is Cc1cc(C)c(N[C@@H](C)C(=O)OCCC#N)c(C)c1. The zero-order valence-electron chi connectivity index (χ0n) is 11.9. The smallest absolute Gasteiger partial charge is 0.328 e. The Kier molecular flexibility index (Phi) is 5.37. The molecule has 0 radical (unpaired) electrons. The molecule has 1 aromatic rings. The van der Waals surface area contributed by atoms with Crippen molar-refractivity contribution in [1.82, 2.24) is 0 Å². The van der Waals surface area contributed by atoms with Gasteiger partial charge in [-0.2, -0.15) is 5.26 Å². The van der Waals surface area contributed by atoms with Crippen molar-refractivity contribution in [3.05, 3.63) is 28.8 Å². The molecule has 0 spiro atoms. The zero-order valence-corrected chi connectivity index (χ0v) is 11.9. The summed E-state index contributed by atoms with van der Waals surface area (Å²) in [5.74, 6) is -0.338. The molecule has 1 atom stereocenters. The normalized spacial score (nSPS) is 11.5. The molecule has 0 aliphatic heterocycles. The quantitative estimate of drug-likeness (QED) is 0.653. The van der Waals surface area contributed by atoms with Crippen LogP contribution in [0.2, 0.25) is 0 Å². The summed E-state index contributed by atoms with van der Waals surface area (Å²) in [5.41, 5.74) is 4.38. The van der Waals surface area contributed by atoms with E-state index < -0.39 is 6.04 Å². The van der Waals surface area contributed by atoms with Crippen LogP contribution in [-0.4, -0.2) is 18.6 Å². The summed E-state index contributed by atoms with van der Waals surface area (Å²) in [6, 6.07) is 5.65. The van der Waals surface area contributed by atoms with Crippen LogP contribution < -0.4 is 5.32 Å². The Morgan fingerprint density at radius 1 is 1.37 bits per heavy atom. The van der Waals surface area contributed by atoms with Crippen molar-refractivity contribution in [2.45, 2.75) is 40.2 Å². The molecule has 0 fully saturated rings. The Morgan fingerprint density at radius 2 is 1.95 bits per heavy atom. The second-order valence-electron chi connectivity index (χ2n) is 4.72. The standard InChI is InChI=1S/C15H20N2O2/c1-10-8-11(2)14(12(3)9-10)17-13(4)15(18)19-7-5-6-16/h8-9,13,17H,5,7H2,1-4H3/t13-/m0/s1. The van der Waals surface area contributed by atoms with Crippen molar-refractivity contribution >= 4 is 11.7 Å². The molecule has 102 valence electrons. The van der Waals surface area contributed by atoms with Crippen LogP contribution in [0.15, 0.2) is 12.1 Å². The first kappa shape index (κ1) is 15.0. The van der Waals surface area contributed by atoms with Crippen LogP contribution in [0.5, 0.6) is 0 Å². The van der Waals surface area contributed by atoms with E-state index in [-0.39, 0.29) is 19.0 Å². The number of anilines is 1. The van der Waals surface area contributed by atoms with Gasteiger partial charge in [0.1, 0.15) is 12.6 Å². The highest BCUT2D eigenvalue weighted by Gasteiger charge is 2.16. The average Bonchev–Trinajstić information content (AvgIpc) is 2.33. The maximum absolute atomic E-state index is 11.7. The summed E-state index contributed by atoms with van der Waals surface area (Å²) in [6.07, 6.45) is 0.223. The number of nitriles is 1. The lowest BCUT2D eigenvalue weighted by Crippen LogP contribution is -2.29. The van der Waals surface area contributed by atoms with Gasteiger partial charge in [-0.3, -0.25) is 0 Å². The van der Waals surface area contributed by atoms with E-state index >= 15 is 0 Å². The lowest BCUT2D eigenvalue weighted by Gasteiger charge is -2.18. The number of hydrogen-bond donors (Lipinski definition) is 1. The summed E-state index contributed by atoms with van der Waals surface area (Å²) < 4.78 is 5.00. The van der Waals surface area contributed by atoms with Crippen molar-refractivity contribution in [3.8, 4) is 6.07 Å². The molecule has 0 saturated heterocycles. The van der Waals surface area contributed by atoms with Crippen molar-refractivity contribution in [1.29, 1.82) is 5.26 Å². The predicted octanol–water partition coefficient (Wildman–Crippen LogP) is 2.87. The van der Waals surface area contributed by atoms with Crippen LogP contribution in [0.1, 0.15) is 30.0 Å². The number of hydrogen-bond acceptors (Lipinski definition) is 4. The Hall–Kier alpha value is -2.02. The van der Waals surface area contributed by atoms with E-state index in [2.05, 4.69) is 17.4 Å². The third-order valence-corrected chi connectivity index (χ3v) is 2.85. The molecule has 0 aromatic heterocycles. The first-order valence-electron chi connectivity index (χ1n) is 6.33. The fraction of sp³-hybridized carbons (Fsp3) is 0.467. The lowest BCUT2D eigenvalue weighted by atomic mass is 10.0. The highest BCUT2D eigenvalue weighted by Crippen LogP contribution is 2.22. The van der Waals surface area contributed by atoms with Gasteiger partial charge in [-0.1, -0.05) is 17.7 Å². The third-order valence-electron chi connectivity index (χ3n) is 2.85. The number of aryl methyl sites for hydroxylation is 3. The topological polar surface area (TPSA) is 62.1 Å². The van der Waals surface area contributed by atoms with Gasteiger partial charge in [0, 0.05) is 5.69 Å². The molecule has 1 rings (SSSR count). The Bertz CT molecular complexity index is 480. The summed E-state index contributed by atoms with van der Waals surface area (Å²) in [6.45, 7) is 7.97. The van der Waals surface area contributed by atoms with Gasteiger partial charge in [0.25, 0.3) is 0 Å². The summed E-state index contributed by atoms with van der Waals surface area (Å²) in [5, 5.41) is 11.6. The van der Waals surface area contributed by atoms with Crippen LogP contribution in [0.3, 0.4) is 0 Å². The van der Waals surface area contributed by atoms with E-state index in [1.165, 1.54) is 5.56 Å². The fourth-order valence-corrected chi connectivity index (χ4v) is 2.01. The molecule has 4 heteroatoms. The van der Waals surface area contributed by atoms with Gasteiger partial charge in [-0.05, 0) is 38.8 Å². The molecule has 0 amide bonds. The monoisotopic (exact) mass is 260 g/mol. The Balaban J connectivity index is 2.69. The molecule has 0 aliphatic carbocycles. The number of esters is 1. The van der Waals surface area contributed by atoms with E-state index in [0.717, 1.165) is 16.8 Å². The molecule has 0 saturated carbocycles. The maximum Gasteiger partial charge on any atom is 0.328 e. The second kappa shape index (κ2) is 6.79. The summed E-state index contributed by atoms with van der Waals surface area (Å²) in [7, 11) is 0. The van der Waals surface area contributed by atoms with E-state index in [9.17, 15) is 4.79 Å². The van der Waals surface area contributed by atoms with E-state index in [1.54, 1.807) is 6.92 Å². The van der Waals surface area contributed by atoms with Gasteiger partial charge in [0.15, 0.2) is 0 Å². The first-order chi connectivity index (χ1) is 8.95. The predicted molar refractivity (Wildman–Crippen MR) is 74.9 cm³/mol. The van der Waals surface area contributed by atoms with Crippen molar-refractivity contribution in [2.24, 2.45) is 0 Å². The average molecular weight is 260 g/mol. The molecule has 1 N–H and O–H groups in total. The summed E-state index contributed by atoms with van der Waals surface area (Å²) in [4.78, 5) is 11.7. The van der Waals surface area contributed by atoms with Crippen LogP contribution >= 0.6 is 0 Å². The summed E-state index contributed by atoms with van der Waals surface area (Å²) >= 11 is 0. The van der Waals surface area contributed by atoms with Crippen LogP contribution in [-0.2, 0) is 9.53 Å². The molecule has 0 heterocycles. The van der Waals surface area contributed by atoms with Crippen molar-refractivity contribution in [2.75, 3.05) is 11.9 Å². The molecular weight excluding hydrogens is 240 g/mol. The second-order valence-corrected chi connectivity index (χ2v) is 4.72. The van der Waals surface area contributed by atoms with Gasteiger partial charge in [0.05, 0.1) is 12.5 Å². The lowest BCUT2D eigenvalue weighted by molar-refractivity contribution is -0.143. The number of rotatable bonds is 5. The molecule has 4 nitrogen and oxygen atoms in total. The van der Waals surface area contributed by atoms with Crippen molar-refractivity contribution in [3.63, 3.8) is 0 Å². The van der Waals surface area contributed by atoms with Gasteiger partial charge >= 0.3 is 5.97 Å². The van der Waals surface area contributed by atoms with Gasteiger partial charge in [0.2, 0.25) is 0 Å². The molecule has 19 heavy (non-hydrogen) atoms. The highest BCUT2D eigenvalue weighted by atomic mass is 16.5. The highest BCUT2D eigenvalue weighted by molar-refractivity contribution is 5.79. The van der Waals surface area contributed by atoms with Crippen molar-refractivity contribution < 1.29 is 9.53 Å². The first-order valence-corrected chi connectivity index (χ1v) is 6.33. The van der Waals surface area contributed by atoms with Gasteiger partial charge < -0.3 is 10.1 Å². The largest absolute Gasteiger partial charge is 0.463 e. The zero-order chi connectivity index (χ0) is 14.4. The van der Waals surface area contributed by atoms with Gasteiger partial charge in [-0.25, -0.2) is 4.79 Å². The molecule has 0 aliphatic rings. The fourth-order valence-electron chi connectivity index (χ4n) is 2.01. The van der Waals surface area contributed by atoms with Crippen LogP contribution in [0, 0.1) is 32.1 Å². The molecule has 0 bridgehead atoms. The number of carbonyl (C=O) groups excluding carboxylic acids is 1.